The van der Waals surface area contributed by atoms with Crippen molar-refractivity contribution in [2.45, 2.75) is 25.8 Å². The van der Waals surface area contributed by atoms with E-state index in [-0.39, 0.29) is 24.1 Å². The third kappa shape index (κ3) is 4.20. The highest BCUT2D eigenvalue weighted by molar-refractivity contribution is 5.76. The van der Waals surface area contributed by atoms with E-state index in [9.17, 15) is 9.59 Å². The monoisotopic (exact) mass is 290 g/mol. The molecule has 1 aromatic carbocycles. The molecule has 2 aromatic rings. The van der Waals surface area contributed by atoms with Crippen LogP contribution in [0.15, 0.2) is 29.1 Å². The SMILES string of the molecule is COc1cccc([C@H](C)CC(=O)NCc2n[nH]c(=O)[nH]2)c1. The fourth-order valence-electron chi connectivity index (χ4n) is 1.99. The summed E-state index contributed by atoms with van der Waals surface area (Å²) in [4.78, 5) is 25.2. The number of carbonyl (C=O) groups is 1. The molecule has 7 nitrogen and oxygen atoms in total. The minimum Gasteiger partial charge on any atom is -0.497 e. The Morgan fingerprint density at radius 3 is 2.95 bits per heavy atom. The van der Waals surface area contributed by atoms with E-state index in [1.807, 2.05) is 31.2 Å². The molecule has 112 valence electrons. The number of aromatic amines is 2. The maximum atomic E-state index is 11.9. The van der Waals surface area contributed by atoms with E-state index in [2.05, 4.69) is 20.5 Å². The summed E-state index contributed by atoms with van der Waals surface area (Å²) in [6.07, 6.45) is 0.349. The molecule has 0 aliphatic carbocycles. The predicted molar refractivity (Wildman–Crippen MR) is 77.1 cm³/mol. The van der Waals surface area contributed by atoms with Crippen molar-refractivity contribution in [3.63, 3.8) is 0 Å². The smallest absolute Gasteiger partial charge is 0.340 e. The number of amides is 1. The molecule has 0 bridgehead atoms. The summed E-state index contributed by atoms with van der Waals surface area (Å²) in [5.74, 6) is 1.14. The van der Waals surface area contributed by atoms with Gasteiger partial charge in [-0.25, -0.2) is 9.89 Å². The van der Waals surface area contributed by atoms with Crippen molar-refractivity contribution in [2.24, 2.45) is 0 Å². The van der Waals surface area contributed by atoms with E-state index < -0.39 is 0 Å². The Bertz CT molecular complexity index is 662. The van der Waals surface area contributed by atoms with E-state index in [0.717, 1.165) is 11.3 Å². The summed E-state index contributed by atoms with van der Waals surface area (Å²) in [7, 11) is 1.61. The summed E-state index contributed by atoms with van der Waals surface area (Å²) in [5.41, 5.74) is 0.654. The largest absolute Gasteiger partial charge is 0.497 e. The minimum atomic E-state index is -0.385. The van der Waals surface area contributed by atoms with Crippen LogP contribution in [0.3, 0.4) is 0 Å². The van der Waals surface area contributed by atoms with E-state index in [1.165, 1.54) is 0 Å². The summed E-state index contributed by atoms with van der Waals surface area (Å²) >= 11 is 0. The van der Waals surface area contributed by atoms with Crippen LogP contribution in [0.5, 0.6) is 5.75 Å². The number of nitrogens with one attached hydrogen (secondary N) is 3. The second-order valence-corrected chi connectivity index (χ2v) is 4.78. The summed E-state index contributed by atoms with van der Waals surface area (Å²) in [6, 6.07) is 7.65. The zero-order valence-corrected chi connectivity index (χ0v) is 12.0. The van der Waals surface area contributed by atoms with Gasteiger partial charge in [0.2, 0.25) is 5.91 Å². The quantitative estimate of drug-likeness (QED) is 0.736. The average molecular weight is 290 g/mol. The second-order valence-electron chi connectivity index (χ2n) is 4.78. The van der Waals surface area contributed by atoms with Gasteiger partial charge in [-0.3, -0.25) is 9.78 Å². The van der Waals surface area contributed by atoms with Gasteiger partial charge in [0.15, 0.2) is 0 Å². The van der Waals surface area contributed by atoms with Crippen molar-refractivity contribution >= 4 is 5.91 Å². The van der Waals surface area contributed by atoms with Gasteiger partial charge in [0, 0.05) is 6.42 Å². The van der Waals surface area contributed by atoms with Crippen molar-refractivity contribution in [3.8, 4) is 5.75 Å². The maximum absolute atomic E-state index is 11.9. The lowest BCUT2D eigenvalue weighted by Gasteiger charge is -2.12. The summed E-state index contributed by atoms with van der Waals surface area (Å²) < 4.78 is 5.17. The van der Waals surface area contributed by atoms with Gasteiger partial charge >= 0.3 is 5.69 Å². The molecule has 0 spiro atoms. The molecular formula is C14H18N4O3. The van der Waals surface area contributed by atoms with Crippen LogP contribution in [0, 0.1) is 0 Å². The van der Waals surface area contributed by atoms with Crippen LogP contribution in [0.25, 0.3) is 0 Å². The molecule has 0 saturated heterocycles. The summed E-state index contributed by atoms with van der Waals surface area (Å²) in [5, 5.41) is 8.69. The Labute approximate surface area is 121 Å². The van der Waals surface area contributed by atoms with Crippen LogP contribution in [-0.4, -0.2) is 28.2 Å². The first-order valence-corrected chi connectivity index (χ1v) is 6.62. The van der Waals surface area contributed by atoms with Crippen LogP contribution >= 0.6 is 0 Å². The Kier molecular flexibility index (Phi) is 4.76. The normalized spacial score (nSPS) is 11.9. The van der Waals surface area contributed by atoms with Crippen molar-refractivity contribution in [1.29, 1.82) is 0 Å². The molecule has 0 radical (unpaired) electrons. The number of nitrogens with zero attached hydrogens (tertiary/aromatic N) is 1. The minimum absolute atomic E-state index is 0.0679. The fraction of sp³-hybridized carbons (Fsp3) is 0.357. The third-order valence-electron chi connectivity index (χ3n) is 3.16. The molecule has 1 heterocycles. The molecule has 21 heavy (non-hydrogen) atoms. The first-order chi connectivity index (χ1) is 10.1. The number of H-pyrrole nitrogens is 2. The number of ether oxygens (including phenoxy) is 1. The Balaban J connectivity index is 1.87. The van der Waals surface area contributed by atoms with Gasteiger partial charge in [0.25, 0.3) is 0 Å². The second kappa shape index (κ2) is 6.74. The highest BCUT2D eigenvalue weighted by Crippen LogP contribution is 2.22. The zero-order valence-electron chi connectivity index (χ0n) is 12.0. The van der Waals surface area contributed by atoms with Gasteiger partial charge in [0.1, 0.15) is 11.6 Å². The molecular weight excluding hydrogens is 272 g/mol. The van der Waals surface area contributed by atoms with Crippen LogP contribution in [0.1, 0.15) is 30.7 Å². The number of rotatable bonds is 6. The molecule has 0 aliphatic heterocycles. The van der Waals surface area contributed by atoms with E-state index in [1.54, 1.807) is 7.11 Å². The van der Waals surface area contributed by atoms with Crippen LogP contribution in [0.2, 0.25) is 0 Å². The van der Waals surface area contributed by atoms with Crippen LogP contribution < -0.4 is 15.7 Å². The van der Waals surface area contributed by atoms with Crippen molar-refractivity contribution < 1.29 is 9.53 Å². The molecule has 0 fully saturated rings. The van der Waals surface area contributed by atoms with E-state index in [4.69, 9.17) is 4.74 Å². The lowest BCUT2D eigenvalue weighted by molar-refractivity contribution is -0.121. The third-order valence-corrected chi connectivity index (χ3v) is 3.16. The molecule has 1 amide bonds. The van der Waals surface area contributed by atoms with Crippen molar-refractivity contribution in [1.82, 2.24) is 20.5 Å². The standard InChI is InChI=1S/C14H18N4O3/c1-9(10-4-3-5-11(7-10)21-2)6-13(19)15-8-12-16-14(20)18-17-12/h3-5,7,9H,6,8H2,1-2H3,(H,15,19)(H2,16,17,18,20)/t9-/m1/s1. The first-order valence-electron chi connectivity index (χ1n) is 6.62. The summed E-state index contributed by atoms with van der Waals surface area (Å²) in [6.45, 7) is 2.17. The highest BCUT2D eigenvalue weighted by Gasteiger charge is 2.12. The lowest BCUT2D eigenvalue weighted by atomic mass is 9.97. The van der Waals surface area contributed by atoms with Crippen molar-refractivity contribution in [2.75, 3.05) is 7.11 Å². The van der Waals surface area contributed by atoms with Gasteiger partial charge in [-0.15, -0.1) is 0 Å². The number of aromatic nitrogens is 3. The van der Waals surface area contributed by atoms with Gasteiger partial charge in [-0.2, -0.15) is 5.10 Å². The highest BCUT2D eigenvalue weighted by atomic mass is 16.5. The van der Waals surface area contributed by atoms with Gasteiger partial charge in [-0.05, 0) is 23.6 Å². The molecule has 3 N–H and O–H groups in total. The number of hydrogen-bond acceptors (Lipinski definition) is 4. The maximum Gasteiger partial charge on any atom is 0.340 e. The number of methoxy groups -OCH3 is 1. The Morgan fingerprint density at radius 1 is 1.48 bits per heavy atom. The molecule has 0 unspecified atom stereocenters. The van der Waals surface area contributed by atoms with Gasteiger partial charge in [-0.1, -0.05) is 19.1 Å². The van der Waals surface area contributed by atoms with Crippen molar-refractivity contribution in [3.05, 3.63) is 46.1 Å². The van der Waals surface area contributed by atoms with Crippen LogP contribution in [0.4, 0.5) is 0 Å². The zero-order chi connectivity index (χ0) is 15.2. The first kappa shape index (κ1) is 14.8. The predicted octanol–water partition coefficient (Wildman–Crippen LogP) is 0.917. The molecule has 1 atom stereocenters. The van der Waals surface area contributed by atoms with Gasteiger partial charge < -0.3 is 10.1 Å². The lowest BCUT2D eigenvalue weighted by Crippen LogP contribution is -2.24. The number of carbonyl (C=O) groups excluding carboxylic acids is 1. The number of benzene rings is 1. The Hall–Kier alpha value is -2.57. The molecule has 1 aromatic heterocycles. The van der Waals surface area contributed by atoms with E-state index >= 15 is 0 Å². The molecule has 2 rings (SSSR count). The fourth-order valence-corrected chi connectivity index (χ4v) is 1.99. The number of hydrogen-bond donors (Lipinski definition) is 3. The average Bonchev–Trinajstić information content (AvgIpc) is 2.91. The molecule has 0 aliphatic rings. The topological polar surface area (TPSA) is 99.9 Å². The molecule has 0 saturated carbocycles. The molecule has 7 heteroatoms. The van der Waals surface area contributed by atoms with E-state index in [0.29, 0.717) is 12.2 Å². The Morgan fingerprint density at radius 2 is 2.29 bits per heavy atom. The van der Waals surface area contributed by atoms with Gasteiger partial charge in [0.05, 0.1) is 13.7 Å². The van der Waals surface area contributed by atoms with Crippen LogP contribution in [-0.2, 0) is 11.3 Å².